The van der Waals surface area contributed by atoms with Gasteiger partial charge in [0.2, 0.25) is 0 Å². The van der Waals surface area contributed by atoms with Crippen LogP contribution in [0.15, 0.2) is 78.9 Å². The number of ether oxygens (including phenoxy) is 6. The fourth-order valence-corrected chi connectivity index (χ4v) is 4.89. The van der Waals surface area contributed by atoms with E-state index >= 15 is 0 Å². The maximum atomic E-state index is 12.2. The highest BCUT2D eigenvalue weighted by atomic mass is 16.6. The lowest BCUT2D eigenvalue weighted by Gasteiger charge is -2.15. The fraction of sp³-hybridized carbons (Fsp3) is 0.400. The number of phenolic OH excluding ortho intramolecular Hbond substituents is 2. The second kappa shape index (κ2) is 26.2. The largest absolute Gasteiger partial charge is 0.508 e. The number of benzene rings is 3. The maximum absolute atomic E-state index is 12.2. The van der Waals surface area contributed by atoms with Crippen molar-refractivity contribution in [2.75, 3.05) is 46.4 Å². The van der Waals surface area contributed by atoms with Crippen molar-refractivity contribution in [2.45, 2.75) is 46.1 Å². The zero-order chi connectivity index (χ0) is 40.4. The van der Waals surface area contributed by atoms with E-state index in [0.29, 0.717) is 6.42 Å². The average Bonchev–Trinajstić information content (AvgIpc) is 3.16. The van der Waals surface area contributed by atoms with Gasteiger partial charge < -0.3 is 43.7 Å². The Morgan fingerprint density at radius 1 is 0.527 bits per heavy atom. The summed E-state index contributed by atoms with van der Waals surface area (Å²) in [5, 5.41) is 27.1. The number of ketones is 2. The van der Waals surface area contributed by atoms with Gasteiger partial charge in [0.15, 0.2) is 18.4 Å². The Labute approximate surface area is 319 Å². The van der Waals surface area contributed by atoms with Gasteiger partial charge in [-0.1, -0.05) is 54.6 Å². The van der Waals surface area contributed by atoms with Crippen molar-refractivity contribution in [3.8, 4) is 11.5 Å². The zero-order valence-electron chi connectivity index (χ0n) is 30.9. The normalized spacial score (nSPS) is 11.5. The van der Waals surface area contributed by atoms with Crippen molar-refractivity contribution < 1.29 is 72.5 Å². The molecule has 0 aliphatic heterocycles. The van der Waals surface area contributed by atoms with E-state index in [2.05, 4.69) is 4.74 Å². The minimum atomic E-state index is -0.790. The number of rotatable bonds is 23. The van der Waals surface area contributed by atoms with Crippen LogP contribution in [0, 0.1) is 11.8 Å². The molecular weight excluding hydrogens is 720 g/mol. The summed E-state index contributed by atoms with van der Waals surface area (Å²) >= 11 is 0. The monoisotopic (exact) mass is 768 g/mol. The molecular formula is C40H48O15. The molecule has 2 atom stereocenters. The van der Waals surface area contributed by atoms with Gasteiger partial charge in [-0.05, 0) is 67.6 Å². The van der Waals surface area contributed by atoms with Gasteiger partial charge in [0.25, 0.3) is 0 Å². The molecule has 0 aliphatic rings. The second-order valence-corrected chi connectivity index (χ2v) is 11.9. The van der Waals surface area contributed by atoms with Gasteiger partial charge in [-0.3, -0.25) is 19.2 Å². The highest BCUT2D eigenvalue weighted by Gasteiger charge is 2.25. The summed E-state index contributed by atoms with van der Waals surface area (Å²) in [5.74, 6) is -4.15. The van der Waals surface area contributed by atoms with Crippen LogP contribution in [0.2, 0.25) is 0 Å². The van der Waals surface area contributed by atoms with Gasteiger partial charge in [0, 0.05) is 12.8 Å². The van der Waals surface area contributed by atoms with Crippen LogP contribution in [0.5, 0.6) is 11.5 Å². The molecule has 0 radical (unpaired) electrons. The third-order valence-corrected chi connectivity index (χ3v) is 7.46. The van der Waals surface area contributed by atoms with Crippen LogP contribution < -0.4 is 0 Å². The summed E-state index contributed by atoms with van der Waals surface area (Å²) in [6.45, 7) is 1.69. The lowest BCUT2D eigenvalue weighted by molar-refractivity contribution is -0.158. The minimum Gasteiger partial charge on any atom is -0.508 e. The molecule has 15 heteroatoms. The number of esters is 4. The Kier molecular flexibility index (Phi) is 21.7. The number of carbonyl (C=O) groups excluding carboxylic acids is 6. The predicted octanol–water partition coefficient (Wildman–Crippen LogP) is 3.42. The first kappa shape index (κ1) is 45.5. The highest BCUT2D eigenvalue weighted by molar-refractivity contribution is 5.86. The summed E-state index contributed by atoms with van der Waals surface area (Å²) < 4.78 is 29.4. The second-order valence-electron chi connectivity index (χ2n) is 11.9. The summed E-state index contributed by atoms with van der Waals surface area (Å²) in [6, 6.07) is 21.9. The lowest BCUT2D eigenvalue weighted by atomic mass is 9.94. The molecule has 55 heavy (non-hydrogen) atoms. The van der Waals surface area contributed by atoms with Gasteiger partial charge in [0.05, 0.1) is 25.0 Å². The first-order valence-electron chi connectivity index (χ1n) is 17.5. The van der Waals surface area contributed by atoms with E-state index in [0.717, 1.165) is 16.7 Å². The Bertz CT molecular complexity index is 1620. The van der Waals surface area contributed by atoms with Crippen LogP contribution in [-0.2, 0) is 76.6 Å². The molecule has 0 aromatic heterocycles. The maximum Gasteiger partial charge on any atom is 0.334 e. The third kappa shape index (κ3) is 19.9. The first-order chi connectivity index (χ1) is 26.4. The molecule has 0 aliphatic carbocycles. The molecule has 0 heterocycles. The molecule has 0 saturated heterocycles. The van der Waals surface area contributed by atoms with E-state index in [4.69, 9.17) is 28.8 Å². The molecule has 0 spiro atoms. The molecule has 3 aromatic carbocycles. The standard InChI is InChI=1S/C23H26O7.C17H22O8/c1-2-29-23(27)19(12-17-8-10-20(24)11-9-17)13-21(25)15-28-16-22(26)30-14-18-6-4-3-5-7-18;1-2-24-17(22)13(7-12-3-5-14(19)6-4-12)8-15(20)9-23-10-16(21)25-11-18/h3-11,19,24H,2,12-16H2,1H3;3-6,13,18-19H,2,7-11H2,1H3. The van der Waals surface area contributed by atoms with E-state index in [9.17, 15) is 39.0 Å². The molecule has 2 unspecified atom stereocenters. The Morgan fingerprint density at radius 2 is 0.945 bits per heavy atom. The van der Waals surface area contributed by atoms with Gasteiger partial charge in [-0.2, -0.15) is 0 Å². The quantitative estimate of drug-likeness (QED) is 0.0715. The molecule has 0 bridgehead atoms. The van der Waals surface area contributed by atoms with E-state index in [-0.39, 0.29) is 82.0 Å². The van der Waals surface area contributed by atoms with Crippen LogP contribution in [-0.4, -0.2) is 97.2 Å². The molecule has 0 saturated carbocycles. The topological polar surface area (TPSA) is 218 Å². The van der Waals surface area contributed by atoms with Gasteiger partial charge in [0.1, 0.15) is 44.5 Å². The molecule has 15 nitrogen and oxygen atoms in total. The highest BCUT2D eigenvalue weighted by Crippen LogP contribution is 2.19. The molecule has 3 aromatic rings. The fourth-order valence-electron chi connectivity index (χ4n) is 4.89. The third-order valence-electron chi connectivity index (χ3n) is 7.46. The molecule has 298 valence electrons. The van der Waals surface area contributed by atoms with Crippen LogP contribution in [0.1, 0.15) is 43.4 Å². The van der Waals surface area contributed by atoms with Gasteiger partial charge in [-0.25, -0.2) is 9.59 Å². The number of aromatic hydroxyl groups is 2. The zero-order valence-corrected chi connectivity index (χ0v) is 30.9. The van der Waals surface area contributed by atoms with Crippen LogP contribution in [0.25, 0.3) is 0 Å². The molecule has 0 fully saturated rings. The number of phenols is 2. The summed E-state index contributed by atoms with van der Waals surface area (Å²) in [4.78, 5) is 71.2. The average molecular weight is 769 g/mol. The number of aliphatic hydroxyl groups excluding tert-OH is 1. The smallest absolute Gasteiger partial charge is 0.334 e. The lowest BCUT2D eigenvalue weighted by Crippen LogP contribution is -2.25. The van der Waals surface area contributed by atoms with Crippen molar-refractivity contribution >= 4 is 35.4 Å². The minimum absolute atomic E-state index is 0.0707. The van der Waals surface area contributed by atoms with E-state index < -0.39 is 49.1 Å². The molecule has 3 N–H and O–H groups in total. The number of carbonyl (C=O) groups is 6. The number of Topliss-reactive ketones (excluding diaryl/α,β-unsaturated/α-hetero) is 2. The van der Waals surface area contributed by atoms with Crippen molar-refractivity contribution in [1.29, 1.82) is 0 Å². The van der Waals surface area contributed by atoms with Crippen molar-refractivity contribution in [3.63, 3.8) is 0 Å². The first-order valence-corrected chi connectivity index (χ1v) is 17.5. The van der Waals surface area contributed by atoms with Gasteiger partial charge >= 0.3 is 23.9 Å². The predicted molar refractivity (Wildman–Crippen MR) is 194 cm³/mol. The van der Waals surface area contributed by atoms with Gasteiger partial charge in [-0.15, -0.1) is 0 Å². The number of hydrogen-bond acceptors (Lipinski definition) is 15. The van der Waals surface area contributed by atoms with E-state index in [1.54, 1.807) is 38.1 Å². The van der Waals surface area contributed by atoms with Crippen LogP contribution >= 0.6 is 0 Å². The Hall–Kier alpha value is -5.64. The van der Waals surface area contributed by atoms with Crippen molar-refractivity contribution in [3.05, 3.63) is 95.6 Å². The number of hydrogen-bond donors (Lipinski definition) is 3. The summed E-state index contributed by atoms with van der Waals surface area (Å²) in [5.41, 5.74) is 2.42. The Morgan fingerprint density at radius 3 is 1.35 bits per heavy atom. The summed E-state index contributed by atoms with van der Waals surface area (Å²) in [6.07, 6.45) is 0.398. The molecule has 0 amide bonds. The van der Waals surface area contributed by atoms with E-state index in [1.807, 2.05) is 30.3 Å². The number of aliphatic hydroxyl groups is 1. The van der Waals surface area contributed by atoms with Crippen LogP contribution in [0.3, 0.4) is 0 Å². The summed E-state index contributed by atoms with van der Waals surface area (Å²) in [7, 11) is 0. The molecule has 3 rings (SSSR count). The van der Waals surface area contributed by atoms with Crippen LogP contribution in [0.4, 0.5) is 0 Å². The van der Waals surface area contributed by atoms with E-state index in [1.165, 1.54) is 24.3 Å². The van der Waals surface area contributed by atoms with Crippen molar-refractivity contribution in [1.82, 2.24) is 0 Å². The Balaban J connectivity index is 0.000000387. The SMILES string of the molecule is CCOC(=O)C(CC(=O)COCC(=O)OCO)Cc1ccc(O)cc1.CCOC(=O)C(CC(=O)COCC(=O)OCc1ccccc1)Cc1ccc(O)cc1. The van der Waals surface area contributed by atoms with Crippen molar-refractivity contribution in [2.24, 2.45) is 11.8 Å².